The van der Waals surface area contributed by atoms with Crippen molar-refractivity contribution in [3.8, 4) is 0 Å². The number of rotatable bonds is 37. The average Bonchev–Trinajstić information content (AvgIpc) is 3.20. The lowest BCUT2D eigenvalue weighted by Crippen LogP contribution is -2.60. The van der Waals surface area contributed by atoms with Crippen molar-refractivity contribution in [2.24, 2.45) is 0 Å². The van der Waals surface area contributed by atoms with E-state index >= 15 is 0 Å². The van der Waals surface area contributed by atoms with E-state index in [1.54, 1.807) is 0 Å². The summed E-state index contributed by atoms with van der Waals surface area (Å²) in [5, 5.41) is 54.3. The highest BCUT2D eigenvalue weighted by molar-refractivity contribution is 5.76. The van der Waals surface area contributed by atoms with E-state index < -0.39 is 49.5 Å². The molecule has 1 fully saturated rings. The Balaban J connectivity index is 2.36. The Morgan fingerprint density at radius 1 is 0.625 bits per heavy atom. The highest BCUT2D eigenvalue weighted by atomic mass is 16.7. The number of amides is 1. The van der Waals surface area contributed by atoms with Gasteiger partial charge in [-0.3, -0.25) is 4.79 Å². The van der Waals surface area contributed by atoms with E-state index in [1.165, 1.54) is 96.3 Å². The summed E-state index contributed by atoms with van der Waals surface area (Å²) in [6.45, 7) is 3.69. The molecular formula is C47H85NO8. The number of unbranched alkanes of at least 4 members (excludes halogenated alkanes) is 19. The van der Waals surface area contributed by atoms with E-state index in [9.17, 15) is 30.3 Å². The summed E-state index contributed by atoms with van der Waals surface area (Å²) >= 11 is 0. The number of carbonyl (C=O) groups excluding carboxylic acids is 1. The Bertz CT molecular complexity index is 1010. The quantitative estimate of drug-likeness (QED) is 0.0269. The molecule has 0 radical (unpaired) electrons. The molecule has 1 heterocycles. The van der Waals surface area contributed by atoms with Crippen molar-refractivity contribution in [2.45, 2.75) is 230 Å². The smallest absolute Gasteiger partial charge is 0.220 e. The molecular weight excluding hydrogens is 707 g/mol. The minimum Gasteiger partial charge on any atom is -0.394 e. The van der Waals surface area contributed by atoms with Crippen LogP contribution >= 0.6 is 0 Å². The Kier molecular flexibility index (Phi) is 34.9. The van der Waals surface area contributed by atoms with Gasteiger partial charge in [-0.25, -0.2) is 0 Å². The predicted molar refractivity (Wildman–Crippen MR) is 230 cm³/mol. The Hall–Kier alpha value is -1.85. The standard InChI is InChI=1S/C47H85NO8/c1-3-5-7-9-11-13-15-17-19-20-21-23-24-26-28-30-32-34-36-41(50)40(39-55-47-46(54)45(53)44(52)42(38-49)56-47)48-43(51)37-35-33-31-29-27-25-22-18-16-14-12-10-8-6-4-2/h6,8,12,14,18,22,27,29,40-42,44-47,49-50,52-54H,3-5,7,9-11,13,15-17,19-21,23-26,28,30-39H2,1-2H3,(H,48,51)/b8-6-,14-12-,22-18-,29-27-. The molecule has 1 amide bonds. The number of aliphatic hydroxyl groups excluding tert-OH is 5. The molecule has 1 aliphatic rings. The van der Waals surface area contributed by atoms with Crippen LogP contribution in [0.15, 0.2) is 48.6 Å². The fraction of sp³-hybridized carbons (Fsp3) is 0.809. The molecule has 9 heteroatoms. The van der Waals surface area contributed by atoms with E-state index in [0.29, 0.717) is 19.3 Å². The summed E-state index contributed by atoms with van der Waals surface area (Å²) in [6, 6.07) is -0.741. The van der Waals surface area contributed by atoms with Gasteiger partial charge in [0.25, 0.3) is 0 Å². The maximum Gasteiger partial charge on any atom is 0.220 e. The van der Waals surface area contributed by atoms with E-state index in [1.807, 2.05) is 0 Å². The molecule has 7 atom stereocenters. The molecule has 0 saturated carbocycles. The van der Waals surface area contributed by atoms with Gasteiger partial charge in [-0.2, -0.15) is 0 Å². The number of hydrogen-bond acceptors (Lipinski definition) is 8. The topological polar surface area (TPSA) is 149 Å². The third-order valence-electron chi connectivity index (χ3n) is 10.7. The Morgan fingerprint density at radius 3 is 1.61 bits per heavy atom. The summed E-state index contributed by atoms with van der Waals surface area (Å²) in [6.07, 6.45) is 39.8. The summed E-state index contributed by atoms with van der Waals surface area (Å²) < 4.78 is 11.2. The normalized spacial score (nSPS) is 21.6. The molecule has 326 valence electrons. The first-order valence-electron chi connectivity index (χ1n) is 22.8. The molecule has 1 rings (SSSR count). The first-order chi connectivity index (χ1) is 27.3. The molecule has 0 aromatic rings. The second-order valence-electron chi connectivity index (χ2n) is 15.8. The van der Waals surface area contributed by atoms with E-state index in [0.717, 1.165) is 57.8 Å². The van der Waals surface area contributed by atoms with Gasteiger partial charge >= 0.3 is 0 Å². The predicted octanol–water partition coefficient (Wildman–Crippen LogP) is 9.45. The van der Waals surface area contributed by atoms with E-state index in [4.69, 9.17) is 9.47 Å². The molecule has 0 bridgehead atoms. The molecule has 0 aromatic heterocycles. The lowest BCUT2D eigenvalue weighted by atomic mass is 9.99. The fourth-order valence-electron chi connectivity index (χ4n) is 7.03. The number of aliphatic hydroxyl groups is 5. The largest absolute Gasteiger partial charge is 0.394 e. The molecule has 1 saturated heterocycles. The van der Waals surface area contributed by atoms with Crippen LogP contribution in [0, 0.1) is 0 Å². The van der Waals surface area contributed by atoms with Crippen LogP contribution in [0.5, 0.6) is 0 Å². The fourth-order valence-corrected chi connectivity index (χ4v) is 7.03. The Labute approximate surface area is 342 Å². The summed E-state index contributed by atoms with van der Waals surface area (Å²) in [5.74, 6) is -0.186. The SMILES string of the molecule is CC/C=C\C/C=C\C/C=C\C/C=C\CCCCC(=O)NC(COC1OC(CO)C(O)C(O)C1O)C(O)CCCCCCCCCCCCCCCCCCCC. The van der Waals surface area contributed by atoms with Crippen LogP contribution in [0.2, 0.25) is 0 Å². The van der Waals surface area contributed by atoms with Crippen molar-refractivity contribution < 1.29 is 39.8 Å². The third kappa shape index (κ3) is 27.7. The molecule has 1 aliphatic heterocycles. The minimum atomic E-state index is -1.56. The molecule has 0 aliphatic carbocycles. The number of hydrogen-bond donors (Lipinski definition) is 6. The van der Waals surface area contributed by atoms with Crippen LogP contribution in [0.3, 0.4) is 0 Å². The first-order valence-corrected chi connectivity index (χ1v) is 22.8. The molecule has 0 spiro atoms. The van der Waals surface area contributed by atoms with Gasteiger partial charge in [0, 0.05) is 6.42 Å². The summed E-state index contributed by atoms with van der Waals surface area (Å²) in [5.41, 5.74) is 0. The lowest BCUT2D eigenvalue weighted by Gasteiger charge is -2.40. The van der Waals surface area contributed by atoms with Crippen LogP contribution in [0.1, 0.15) is 187 Å². The van der Waals surface area contributed by atoms with Crippen molar-refractivity contribution in [2.75, 3.05) is 13.2 Å². The lowest BCUT2D eigenvalue weighted by molar-refractivity contribution is -0.302. The minimum absolute atomic E-state index is 0.156. The van der Waals surface area contributed by atoms with Crippen molar-refractivity contribution in [1.82, 2.24) is 5.32 Å². The number of nitrogens with one attached hydrogen (secondary N) is 1. The van der Waals surface area contributed by atoms with Crippen LogP contribution in [-0.4, -0.2) is 87.5 Å². The maximum absolute atomic E-state index is 12.9. The number of allylic oxidation sites excluding steroid dienone is 8. The maximum atomic E-state index is 12.9. The molecule has 6 N–H and O–H groups in total. The van der Waals surface area contributed by atoms with Crippen LogP contribution < -0.4 is 5.32 Å². The molecule has 7 unspecified atom stereocenters. The van der Waals surface area contributed by atoms with Crippen molar-refractivity contribution in [3.63, 3.8) is 0 Å². The first kappa shape index (κ1) is 52.2. The van der Waals surface area contributed by atoms with Gasteiger partial charge < -0.3 is 40.3 Å². The zero-order valence-corrected chi connectivity index (χ0v) is 35.6. The van der Waals surface area contributed by atoms with Gasteiger partial charge in [-0.1, -0.05) is 178 Å². The highest BCUT2D eigenvalue weighted by Gasteiger charge is 2.44. The Morgan fingerprint density at radius 2 is 1.11 bits per heavy atom. The van der Waals surface area contributed by atoms with Gasteiger partial charge in [-0.15, -0.1) is 0 Å². The van der Waals surface area contributed by atoms with Gasteiger partial charge in [0.2, 0.25) is 5.91 Å². The highest BCUT2D eigenvalue weighted by Crippen LogP contribution is 2.23. The van der Waals surface area contributed by atoms with Crippen LogP contribution in [-0.2, 0) is 14.3 Å². The summed E-state index contributed by atoms with van der Waals surface area (Å²) in [7, 11) is 0. The van der Waals surface area contributed by atoms with Gasteiger partial charge in [0.1, 0.15) is 24.4 Å². The molecule has 0 aromatic carbocycles. The second kappa shape index (κ2) is 37.4. The van der Waals surface area contributed by atoms with Gasteiger partial charge in [-0.05, 0) is 51.4 Å². The van der Waals surface area contributed by atoms with Crippen LogP contribution in [0.4, 0.5) is 0 Å². The molecule has 9 nitrogen and oxygen atoms in total. The average molecular weight is 792 g/mol. The monoisotopic (exact) mass is 792 g/mol. The third-order valence-corrected chi connectivity index (χ3v) is 10.7. The van der Waals surface area contributed by atoms with E-state index in [-0.39, 0.29) is 12.5 Å². The van der Waals surface area contributed by atoms with Crippen molar-refractivity contribution >= 4 is 5.91 Å². The summed E-state index contributed by atoms with van der Waals surface area (Å²) in [4.78, 5) is 12.9. The van der Waals surface area contributed by atoms with Crippen molar-refractivity contribution in [1.29, 1.82) is 0 Å². The van der Waals surface area contributed by atoms with E-state index in [2.05, 4.69) is 67.8 Å². The molecule has 56 heavy (non-hydrogen) atoms. The number of carbonyl (C=O) groups is 1. The van der Waals surface area contributed by atoms with Crippen molar-refractivity contribution in [3.05, 3.63) is 48.6 Å². The zero-order valence-electron chi connectivity index (χ0n) is 35.6. The zero-order chi connectivity index (χ0) is 40.9. The van der Waals surface area contributed by atoms with Gasteiger partial charge in [0.05, 0.1) is 25.4 Å². The van der Waals surface area contributed by atoms with Gasteiger partial charge in [0.15, 0.2) is 6.29 Å². The van der Waals surface area contributed by atoms with Crippen LogP contribution in [0.25, 0.3) is 0 Å². The number of ether oxygens (including phenoxy) is 2. The second-order valence-corrected chi connectivity index (χ2v) is 15.8.